The van der Waals surface area contributed by atoms with Crippen molar-refractivity contribution in [1.82, 2.24) is 4.31 Å². The molecule has 2 aromatic carbocycles. The summed E-state index contributed by atoms with van der Waals surface area (Å²) in [6, 6.07) is 13.9. The molecule has 2 aliphatic heterocycles. The van der Waals surface area contributed by atoms with Gasteiger partial charge in [-0.05, 0) is 48.7 Å². The number of nitrogens with one attached hydrogen (secondary N) is 1. The van der Waals surface area contributed by atoms with Gasteiger partial charge < -0.3 is 10.1 Å². The highest BCUT2D eigenvalue weighted by molar-refractivity contribution is 7.89. The molecule has 1 fully saturated rings. The summed E-state index contributed by atoms with van der Waals surface area (Å²) in [5.41, 5.74) is 1.56. The number of benzene rings is 2. The molecule has 2 heterocycles. The topological polar surface area (TPSA) is 75.7 Å². The predicted octanol–water partition coefficient (Wildman–Crippen LogP) is 2.41. The van der Waals surface area contributed by atoms with E-state index in [9.17, 15) is 13.2 Å². The van der Waals surface area contributed by atoms with Crippen molar-refractivity contribution >= 4 is 21.6 Å². The molecule has 1 atom stereocenters. The summed E-state index contributed by atoms with van der Waals surface area (Å²) in [6.45, 7) is 1.14. The summed E-state index contributed by atoms with van der Waals surface area (Å²) in [5, 5.41) is 2.79. The van der Waals surface area contributed by atoms with Crippen molar-refractivity contribution in [3.8, 4) is 5.75 Å². The van der Waals surface area contributed by atoms with Crippen molar-refractivity contribution in [3.63, 3.8) is 0 Å². The van der Waals surface area contributed by atoms with Gasteiger partial charge in [0.25, 0.3) is 5.91 Å². The molecule has 0 aromatic heterocycles. The fraction of sp³-hybridized carbons (Fsp3) is 0.316. The molecule has 0 radical (unpaired) electrons. The molecule has 4 rings (SSSR count). The van der Waals surface area contributed by atoms with Crippen LogP contribution in [0.4, 0.5) is 5.69 Å². The third kappa shape index (κ3) is 3.20. The molecule has 6 nitrogen and oxygen atoms in total. The molecule has 0 aliphatic carbocycles. The summed E-state index contributed by atoms with van der Waals surface area (Å²) >= 11 is 0. The average Bonchev–Trinajstić information content (AvgIpc) is 3.32. The first-order chi connectivity index (χ1) is 12.5. The lowest BCUT2D eigenvalue weighted by Gasteiger charge is -2.16. The highest BCUT2D eigenvalue weighted by Crippen LogP contribution is 2.29. The van der Waals surface area contributed by atoms with Crippen LogP contribution in [0, 0.1) is 0 Å². The Hall–Kier alpha value is -2.38. The Kier molecular flexibility index (Phi) is 4.42. The summed E-state index contributed by atoms with van der Waals surface area (Å²) in [4.78, 5) is 12.7. The van der Waals surface area contributed by atoms with Crippen molar-refractivity contribution in [2.75, 3.05) is 18.4 Å². The van der Waals surface area contributed by atoms with E-state index in [4.69, 9.17) is 4.74 Å². The number of sulfonamides is 1. The van der Waals surface area contributed by atoms with E-state index in [-0.39, 0.29) is 10.8 Å². The quantitative estimate of drug-likeness (QED) is 0.894. The van der Waals surface area contributed by atoms with Crippen LogP contribution in [-0.4, -0.2) is 37.8 Å². The van der Waals surface area contributed by atoms with E-state index in [1.54, 1.807) is 12.1 Å². The number of anilines is 1. The fourth-order valence-electron chi connectivity index (χ4n) is 3.34. The van der Waals surface area contributed by atoms with E-state index in [2.05, 4.69) is 5.32 Å². The number of hydrogen-bond acceptors (Lipinski definition) is 4. The van der Waals surface area contributed by atoms with Crippen LogP contribution in [0.1, 0.15) is 18.4 Å². The highest BCUT2D eigenvalue weighted by Gasteiger charge is 2.29. The molecule has 2 aromatic rings. The summed E-state index contributed by atoms with van der Waals surface area (Å²) in [6.07, 6.45) is 1.76. The molecule has 1 amide bonds. The number of carbonyl (C=O) groups is 1. The number of fused-ring (bicyclic) bond motifs is 1. The SMILES string of the molecule is O=C(Nc1ccc(S(=O)(=O)N2CCCC2)cc1)[C@H]1Cc2ccccc2O1. The summed E-state index contributed by atoms with van der Waals surface area (Å²) < 4.78 is 32.2. The Morgan fingerprint density at radius 3 is 2.42 bits per heavy atom. The Bertz CT molecular complexity index is 894. The van der Waals surface area contributed by atoms with Crippen LogP contribution in [0.5, 0.6) is 5.75 Å². The van der Waals surface area contributed by atoms with Crippen molar-refractivity contribution in [3.05, 3.63) is 54.1 Å². The third-order valence-electron chi connectivity index (χ3n) is 4.76. The smallest absolute Gasteiger partial charge is 0.265 e. The molecule has 0 saturated carbocycles. The Morgan fingerprint density at radius 2 is 1.73 bits per heavy atom. The number of amides is 1. The molecule has 0 spiro atoms. The third-order valence-corrected chi connectivity index (χ3v) is 6.68. The van der Waals surface area contributed by atoms with E-state index < -0.39 is 16.1 Å². The maximum Gasteiger partial charge on any atom is 0.265 e. The second-order valence-corrected chi connectivity index (χ2v) is 8.48. The maximum absolute atomic E-state index is 12.5. The lowest BCUT2D eigenvalue weighted by Crippen LogP contribution is -2.31. The van der Waals surface area contributed by atoms with Crippen LogP contribution in [0.15, 0.2) is 53.4 Å². The van der Waals surface area contributed by atoms with Gasteiger partial charge in [-0.1, -0.05) is 18.2 Å². The number of para-hydroxylation sites is 1. The van der Waals surface area contributed by atoms with Gasteiger partial charge in [-0.25, -0.2) is 8.42 Å². The zero-order valence-electron chi connectivity index (χ0n) is 14.2. The van der Waals surface area contributed by atoms with E-state index in [0.29, 0.717) is 25.2 Å². The van der Waals surface area contributed by atoms with E-state index in [0.717, 1.165) is 24.2 Å². The molecular weight excluding hydrogens is 352 g/mol. The van der Waals surface area contributed by atoms with Crippen molar-refractivity contribution in [2.45, 2.75) is 30.3 Å². The molecular formula is C19H20N2O4S. The van der Waals surface area contributed by atoms with Crippen molar-refractivity contribution < 1.29 is 17.9 Å². The van der Waals surface area contributed by atoms with Crippen LogP contribution in [0.3, 0.4) is 0 Å². The van der Waals surface area contributed by atoms with Gasteiger partial charge in [0.2, 0.25) is 10.0 Å². The Labute approximate surface area is 152 Å². The van der Waals surface area contributed by atoms with Gasteiger partial charge in [-0.3, -0.25) is 4.79 Å². The van der Waals surface area contributed by atoms with E-state index >= 15 is 0 Å². The lowest BCUT2D eigenvalue weighted by molar-refractivity contribution is -0.122. The molecule has 7 heteroatoms. The number of ether oxygens (including phenoxy) is 1. The zero-order valence-corrected chi connectivity index (χ0v) is 15.0. The number of nitrogens with zero attached hydrogens (tertiary/aromatic N) is 1. The molecule has 0 unspecified atom stereocenters. The first-order valence-electron chi connectivity index (χ1n) is 8.70. The summed E-state index contributed by atoms with van der Waals surface area (Å²) in [7, 11) is -3.44. The summed E-state index contributed by atoms with van der Waals surface area (Å²) in [5.74, 6) is 0.496. The molecule has 1 N–H and O–H groups in total. The van der Waals surface area contributed by atoms with Crippen molar-refractivity contribution in [1.29, 1.82) is 0 Å². The van der Waals surface area contributed by atoms with E-state index in [1.165, 1.54) is 16.4 Å². The van der Waals surface area contributed by atoms with Gasteiger partial charge in [0.05, 0.1) is 4.90 Å². The monoisotopic (exact) mass is 372 g/mol. The largest absolute Gasteiger partial charge is 0.480 e. The highest BCUT2D eigenvalue weighted by atomic mass is 32.2. The van der Waals surface area contributed by atoms with Crippen LogP contribution < -0.4 is 10.1 Å². The maximum atomic E-state index is 12.5. The van der Waals surface area contributed by atoms with Crippen LogP contribution in [0.25, 0.3) is 0 Å². The van der Waals surface area contributed by atoms with E-state index in [1.807, 2.05) is 24.3 Å². The second kappa shape index (κ2) is 6.74. The lowest BCUT2D eigenvalue weighted by atomic mass is 10.1. The standard InChI is InChI=1S/C19H20N2O4S/c22-19(18-13-14-5-1-2-6-17(14)25-18)20-15-7-9-16(10-8-15)26(23,24)21-11-3-4-12-21/h1-2,5-10,18H,3-4,11-13H2,(H,20,22)/t18-/m1/s1. The second-order valence-electron chi connectivity index (χ2n) is 6.54. The fourth-order valence-corrected chi connectivity index (χ4v) is 4.86. The normalized spacial score (nSPS) is 19.8. The van der Waals surface area contributed by atoms with Gasteiger partial charge in [0.1, 0.15) is 5.75 Å². The van der Waals surface area contributed by atoms with Crippen LogP contribution in [0.2, 0.25) is 0 Å². The minimum absolute atomic E-state index is 0.239. The van der Waals surface area contributed by atoms with Gasteiger partial charge in [-0.15, -0.1) is 0 Å². The minimum Gasteiger partial charge on any atom is -0.480 e. The Morgan fingerprint density at radius 1 is 1.04 bits per heavy atom. The molecule has 136 valence electrons. The molecule has 1 saturated heterocycles. The molecule has 26 heavy (non-hydrogen) atoms. The van der Waals surface area contributed by atoms with Crippen LogP contribution >= 0.6 is 0 Å². The van der Waals surface area contributed by atoms with Gasteiger partial charge in [0.15, 0.2) is 6.10 Å². The minimum atomic E-state index is -3.44. The predicted molar refractivity (Wildman–Crippen MR) is 97.6 cm³/mol. The van der Waals surface area contributed by atoms with Gasteiger partial charge >= 0.3 is 0 Å². The van der Waals surface area contributed by atoms with Crippen LogP contribution in [-0.2, 0) is 21.2 Å². The average molecular weight is 372 g/mol. The van der Waals surface area contributed by atoms with Crippen molar-refractivity contribution in [2.24, 2.45) is 0 Å². The molecule has 0 bridgehead atoms. The van der Waals surface area contributed by atoms with Gasteiger partial charge in [0, 0.05) is 25.2 Å². The number of hydrogen-bond donors (Lipinski definition) is 1. The van der Waals surface area contributed by atoms with Gasteiger partial charge in [-0.2, -0.15) is 4.31 Å². The molecule has 2 aliphatic rings. The Balaban J connectivity index is 1.42. The number of carbonyl (C=O) groups excluding carboxylic acids is 1. The number of rotatable bonds is 4. The first-order valence-corrected chi connectivity index (χ1v) is 10.1. The zero-order chi connectivity index (χ0) is 18.1. The first kappa shape index (κ1) is 17.1.